The molecule has 1 amide bonds. The number of carbonyl (C=O) groups is 1. The van der Waals surface area contributed by atoms with E-state index in [1.54, 1.807) is 0 Å². The number of aromatic nitrogens is 2. The van der Waals surface area contributed by atoms with Gasteiger partial charge in [-0.05, 0) is 30.5 Å². The van der Waals surface area contributed by atoms with Crippen LogP contribution in [0.4, 0.5) is 4.79 Å². The molecule has 0 bridgehead atoms. The van der Waals surface area contributed by atoms with Gasteiger partial charge in [0.25, 0.3) is 0 Å². The third-order valence-corrected chi connectivity index (χ3v) is 5.90. The Morgan fingerprint density at radius 2 is 1.90 bits per heavy atom. The normalized spacial score (nSPS) is 18.3. The summed E-state index contributed by atoms with van der Waals surface area (Å²) >= 11 is 0. The molecule has 1 aliphatic heterocycles. The topological polar surface area (TPSA) is 74.4 Å². The highest BCUT2D eigenvalue weighted by Crippen LogP contribution is 2.45. The van der Waals surface area contributed by atoms with Crippen molar-refractivity contribution in [3.05, 3.63) is 53.6 Å². The Morgan fingerprint density at radius 3 is 2.55 bits per heavy atom. The largest absolute Gasteiger partial charge is 0.449 e. The second-order valence-corrected chi connectivity index (χ2v) is 8.45. The van der Waals surface area contributed by atoms with Gasteiger partial charge in [0.1, 0.15) is 0 Å². The Hall–Kier alpha value is -2.85. The lowest BCUT2D eigenvalue weighted by atomic mass is 10.1. The standard InChI is InChI=1S/C22H27N5O2/c1-22(6-7-22)16-29-21(28)26-10-8-25(9-11-26)15-20-13-24-17-27(20)14-19-4-2-18(12-23)3-5-19/h2-5,13,17H,6-11,14-16H2,1H3. The predicted octanol–water partition coefficient (Wildman–Crippen LogP) is 2.86. The van der Waals surface area contributed by atoms with Crippen molar-refractivity contribution in [3.8, 4) is 6.07 Å². The number of benzene rings is 1. The third-order valence-electron chi connectivity index (χ3n) is 5.90. The van der Waals surface area contributed by atoms with Crippen LogP contribution in [0.1, 0.15) is 36.6 Å². The number of imidazole rings is 1. The van der Waals surface area contributed by atoms with Gasteiger partial charge in [-0.1, -0.05) is 19.1 Å². The summed E-state index contributed by atoms with van der Waals surface area (Å²) in [6, 6.07) is 9.79. The molecule has 1 saturated carbocycles. The molecule has 0 spiro atoms. The predicted molar refractivity (Wildman–Crippen MR) is 108 cm³/mol. The van der Waals surface area contributed by atoms with Crippen LogP contribution in [0.25, 0.3) is 0 Å². The Morgan fingerprint density at radius 1 is 1.17 bits per heavy atom. The zero-order chi connectivity index (χ0) is 20.3. The molecule has 2 aliphatic rings. The Labute approximate surface area is 171 Å². The number of nitriles is 1. The highest BCUT2D eigenvalue weighted by atomic mass is 16.6. The van der Waals surface area contributed by atoms with E-state index in [0.29, 0.717) is 25.3 Å². The third kappa shape index (κ3) is 4.96. The van der Waals surface area contributed by atoms with Crippen LogP contribution in [0.2, 0.25) is 0 Å². The molecule has 0 atom stereocenters. The summed E-state index contributed by atoms with van der Waals surface area (Å²) in [5.41, 5.74) is 3.18. The van der Waals surface area contributed by atoms with Gasteiger partial charge in [0, 0.05) is 50.9 Å². The monoisotopic (exact) mass is 393 g/mol. The van der Waals surface area contributed by atoms with Crippen molar-refractivity contribution in [2.45, 2.75) is 32.9 Å². The minimum Gasteiger partial charge on any atom is -0.449 e. The van der Waals surface area contributed by atoms with Crippen LogP contribution < -0.4 is 0 Å². The first-order chi connectivity index (χ1) is 14.0. The molecule has 0 unspecified atom stereocenters. The van der Waals surface area contributed by atoms with Crippen LogP contribution in [-0.4, -0.2) is 58.2 Å². The van der Waals surface area contributed by atoms with Crippen molar-refractivity contribution in [3.63, 3.8) is 0 Å². The number of carbonyl (C=O) groups excluding carboxylic acids is 1. The van der Waals surface area contributed by atoms with Gasteiger partial charge in [0.2, 0.25) is 0 Å². The number of nitrogens with zero attached hydrogens (tertiary/aromatic N) is 5. The highest BCUT2D eigenvalue weighted by molar-refractivity contribution is 5.67. The summed E-state index contributed by atoms with van der Waals surface area (Å²) in [6.45, 7) is 7.28. The molecule has 1 saturated heterocycles. The minimum absolute atomic E-state index is 0.177. The van der Waals surface area contributed by atoms with E-state index in [0.717, 1.165) is 50.3 Å². The molecule has 2 fully saturated rings. The molecule has 7 nitrogen and oxygen atoms in total. The first kappa shape index (κ1) is 19.5. The maximum absolute atomic E-state index is 12.3. The van der Waals surface area contributed by atoms with E-state index in [1.807, 2.05) is 41.7 Å². The number of ether oxygens (including phenoxy) is 1. The van der Waals surface area contributed by atoms with Gasteiger partial charge in [-0.15, -0.1) is 0 Å². The van der Waals surface area contributed by atoms with Crippen molar-refractivity contribution in [2.24, 2.45) is 5.41 Å². The van der Waals surface area contributed by atoms with Crippen molar-refractivity contribution >= 4 is 6.09 Å². The van der Waals surface area contributed by atoms with Gasteiger partial charge >= 0.3 is 6.09 Å². The molecule has 152 valence electrons. The Balaban J connectivity index is 1.27. The molecule has 4 rings (SSSR count). The molecule has 0 radical (unpaired) electrons. The molecule has 1 aliphatic carbocycles. The Kier molecular flexibility index (Phi) is 5.54. The summed E-state index contributed by atoms with van der Waals surface area (Å²) in [4.78, 5) is 20.7. The summed E-state index contributed by atoms with van der Waals surface area (Å²) in [6.07, 6.45) is 5.89. The Bertz CT molecular complexity index is 887. The fourth-order valence-electron chi connectivity index (χ4n) is 3.51. The smallest absolute Gasteiger partial charge is 0.409 e. The van der Waals surface area contributed by atoms with Crippen molar-refractivity contribution < 1.29 is 9.53 Å². The fraction of sp³-hybridized carbons (Fsp3) is 0.500. The number of amides is 1. The first-order valence-electron chi connectivity index (χ1n) is 10.2. The molecule has 2 heterocycles. The zero-order valence-electron chi connectivity index (χ0n) is 16.9. The summed E-state index contributed by atoms with van der Waals surface area (Å²) in [5.74, 6) is 0. The lowest BCUT2D eigenvalue weighted by molar-refractivity contribution is 0.0628. The fourth-order valence-corrected chi connectivity index (χ4v) is 3.51. The maximum Gasteiger partial charge on any atom is 0.409 e. The quantitative estimate of drug-likeness (QED) is 0.754. The van der Waals surface area contributed by atoms with E-state index >= 15 is 0 Å². The van der Waals surface area contributed by atoms with E-state index in [-0.39, 0.29) is 11.5 Å². The van der Waals surface area contributed by atoms with Crippen LogP contribution in [-0.2, 0) is 17.8 Å². The molecule has 1 aromatic heterocycles. The molecule has 2 aromatic rings. The van der Waals surface area contributed by atoms with Gasteiger partial charge in [0.05, 0.1) is 30.3 Å². The van der Waals surface area contributed by atoms with Crippen molar-refractivity contribution in [1.29, 1.82) is 5.26 Å². The lowest BCUT2D eigenvalue weighted by Gasteiger charge is -2.34. The van der Waals surface area contributed by atoms with Gasteiger partial charge in [-0.3, -0.25) is 4.90 Å². The lowest BCUT2D eigenvalue weighted by Crippen LogP contribution is -2.48. The molecule has 29 heavy (non-hydrogen) atoms. The molecule has 1 aromatic carbocycles. The molecular weight excluding hydrogens is 366 g/mol. The second kappa shape index (κ2) is 8.26. The van der Waals surface area contributed by atoms with Gasteiger partial charge in [0.15, 0.2) is 0 Å². The second-order valence-electron chi connectivity index (χ2n) is 8.45. The van der Waals surface area contributed by atoms with Crippen LogP contribution in [0.5, 0.6) is 0 Å². The van der Waals surface area contributed by atoms with E-state index in [1.165, 1.54) is 0 Å². The van der Waals surface area contributed by atoms with Gasteiger partial charge < -0.3 is 14.2 Å². The molecular formula is C22H27N5O2. The summed E-state index contributed by atoms with van der Waals surface area (Å²) in [7, 11) is 0. The van der Waals surface area contributed by atoms with E-state index in [4.69, 9.17) is 10.00 Å². The van der Waals surface area contributed by atoms with Crippen LogP contribution >= 0.6 is 0 Å². The number of rotatable bonds is 6. The summed E-state index contributed by atoms with van der Waals surface area (Å²) < 4.78 is 7.62. The van der Waals surface area contributed by atoms with Crippen LogP contribution in [0, 0.1) is 16.7 Å². The number of hydrogen-bond acceptors (Lipinski definition) is 5. The highest BCUT2D eigenvalue weighted by Gasteiger charge is 2.39. The number of piperazine rings is 1. The van der Waals surface area contributed by atoms with Gasteiger partial charge in [-0.2, -0.15) is 5.26 Å². The van der Waals surface area contributed by atoms with E-state index in [2.05, 4.69) is 27.4 Å². The van der Waals surface area contributed by atoms with E-state index < -0.39 is 0 Å². The SMILES string of the molecule is CC1(COC(=O)N2CCN(Cc3cncn3Cc3ccc(C#N)cc3)CC2)CC1. The number of hydrogen-bond donors (Lipinski definition) is 0. The van der Waals surface area contributed by atoms with Gasteiger partial charge in [-0.25, -0.2) is 9.78 Å². The average molecular weight is 393 g/mol. The molecule has 7 heteroatoms. The minimum atomic E-state index is -0.177. The van der Waals surface area contributed by atoms with Crippen LogP contribution in [0.3, 0.4) is 0 Å². The van der Waals surface area contributed by atoms with E-state index in [9.17, 15) is 4.79 Å². The molecule has 0 N–H and O–H groups in total. The first-order valence-corrected chi connectivity index (χ1v) is 10.2. The van der Waals surface area contributed by atoms with Crippen LogP contribution in [0.15, 0.2) is 36.8 Å². The zero-order valence-corrected chi connectivity index (χ0v) is 16.9. The average Bonchev–Trinajstić information content (AvgIpc) is 3.34. The van der Waals surface area contributed by atoms with Crippen molar-refractivity contribution in [2.75, 3.05) is 32.8 Å². The summed E-state index contributed by atoms with van der Waals surface area (Å²) in [5, 5.41) is 8.93. The maximum atomic E-state index is 12.3. The van der Waals surface area contributed by atoms with Crippen molar-refractivity contribution in [1.82, 2.24) is 19.4 Å².